The maximum Gasteiger partial charge on any atom is 0.257 e. The van der Waals surface area contributed by atoms with Gasteiger partial charge in [-0.3, -0.25) is 4.79 Å². The first-order valence-electron chi connectivity index (χ1n) is 12.3. The van der Waals surface area contributed by atoms with Gasteiger partial charge < -0.3 is 15.0 Å². The van der Waals surface area contributed by atoms with Gasteiger partial charge in [0.15, 0.2) is 0 Å². The number of hydrogen-bond acceptors (Lipinski definition) is 4. The van der Waals surface area contributed by atoms with Crippen molar-refractivity contribution < 1.29 is 9.53 Å². The third kappa shape index (κ3) is 3.53. The van der Waals surface area contributed by atoms with Crippen molar-refractivity contribution in [3.63, 3.8) is 0 Å². The monoisotopic (exact) mass is 434 g/mol. The molecule has 1 N–H and O–H groups in total. The minimum Gasteiger partial charge on any atom is -0.372 e. The fourth-order valence-corrected chi connectivity index (χ4v) is 7.49. The fraction of sp³-hybridized carbons (Fsp3) is 0.615. The van der Waals surface area contributed by atoms with E-state index in [0.29, 0.717) is 5.56 Å². The summed E-state index contributed by atoms with van der Waals surface area (Å²) in [6.07, 6.45) is 9.55. The molecule has 0 radical (unpaired) electrons. The van der Waals surface area contributed by atoms with E-state index in [9.17, 15) is 4.79 Å². The summed E-state index contributed by atoms with van der Waals surface area (Å²) in [4.78, 5) is 16.1. The predicted octanol–water partition coefficient (Wildman–Crippen LogP) is 4.18. The van der Waals surface area contributed by atoms with Gasteiger partial charge in [-0.25, -0.2) is 4.68 Å². The molecule has 6 nitrogen and oxygen atoms in total. The Morgan fingerprint density at radius 1 is 1.00 bits per heavy atom. The van der Waals surface area contributed by atoms with Crippen LogP contribution in [-0.2, 0) is 4.74 Å². The number of para-hydroxylation sites is 1. The van der Waals surface area contributed by atoms with Crippen LogP contribution in [0.25, 0.3) is 5.69 Å². The van der Waals surface area contributed by atoms with E-state index in [1.54, 1.807) is 6.20 Å². The second-order valence-corrected chi connectivity index (χ2v) is 10.9. The number of morpholine rings is 1. The van der Waals surface area contributed by atoms with Gasteiger partial charge in [0.25, 0.3) is 5.91 Å². The summed E-state index contributed by atoms with van der Waals surface area (Å²) in [7, 11) is 0. The smallest absolute Gasteiger partial charge is 0.257 e. The molecular formula is C26H34N4O2. The molecule has 2 unspecified atom stereocenters. The number of hydrogen-bond donors (Lipinski definition) is 1. The summed E-state index contributed by atoms with van der Waals surface area (Å²) >= 11 is 0. The van der Waals surface area contributed by atoms with Gasteiger partial charge in [0, 0.05) is 18.6 Å². The number of amides is 1. The van der Waals surface area contributed by atoms with Gasteiger partial charge in [-0.05, 0) is 82.3 Å². The molecular weight excluding hydrogens is 400 g/mol. The zero-order valence-electron chi connectivity index (χ0n) is 19.2. The van der Waals surface area contributed by atoms with E-state index < -0.39 is 0 Å². The summed E-state index contributed by atoms with van der Waals surface area (Å²) in [5.41, 5.74) is 1.65. The zero-order valence-corrected chi connectivity index (χ0v) is 19.2. The summed E-state index contributed by atoms with van der Waals surface area (Å²) in [6, 6.07) is 10.1. The molecule has 4 saturated carbocycles. The summed E-state index contributed by atoms with van der Waals surface area (Å²) in [5, 5.41) is 8.26. The Labute approximate surface area is 190 Å². The minimum absolute atomic E-state index is 0.0104. The van der Waals surface area contributed by atoms with Crippen LogP contribution in [0.1, 0.15) is 62.7 Å². The molecule has 5 aliphatic rings. The Morgan fingerprint density at radius 3 is 2.19 bits per heavy atom. The third-order valence-corrected chi connectivity index (χ3v) is 8.13. The standard InChI is InChI=1S/C26H34N4O2/c1-17-15-29(16-18(2)32-17)25-23(14-27-30(25)22-6-4-3-5-7-22)24(31)28-26-11-19-8-20(12-26)10-21(9-19)13-26/h3-7,14,17-21H,8-13,15-16H2,1-2H3,(H,28,31). The molecule has 1 aromatic heterocycles. The van der Waals surface area contributed by atoms with Gasteiger partial charge in [-0.1, -0.05) is 18.2 Å². The molecule has 1 aromatic carbocycles. The third-order valence-electron chi connectivity index (χ3n) is 8.13. The van der Waals surface area contributed by atoms with Crippen molar-refractivity contribution in [2.45, 2.75) is 70.1 Å². The molecule has 1 aliphatic heterocycles. The number of nitrogens with one attached hydrogen (secondary N) is 1. The van der Waals surface area contributed by atoms with E-state index >= 15 is 0 Å². The number of rotatable bonds is 4. The van der Waals surface area contributed by atoms with E-state index in [-0.39, 0.29) is 23.7 Å². The number of carbonyl (C=O) groups excluding carboxylic acids is 1. The van der Waals surface area contributed by atoms with Gasteiger partial charge in [-0.15, -0.1) is 0 Å². The van der Waals surface area contributed by atoms with Gasteiger partial charge in [-0.2, -0.15) is 5.10 Å². The zero-order chi connectivity index (χ0) is 21.9. The number of benzene rings is 1. The van der Waals surface area contributed by atoms with Gasteiger partial charge in [0.05, 0.1) is 24.1 Å². The molecule has 32 heavy (non-hydrogen) atoms. The number of carbonyl (C=O) groups is 1. The van der Waals surface area contributed by atoms with Crippen LogP contribution in [0.2, 0.25) is 0 Å². The van der Waals surface area contributed by atoms with Crippen molar-refractivity contribution in [3.05, 3.63) is 42.1 Å². The quantitative estimate of drug-likeness (QED) is 0.784. The summed E-state index contributed by atoms with van der Waals surface area (Å²) in [5.74, 6) is 3.33. The van der Waals surface area contributed by atoms with Crippen molar-refractivity contribution >= 4 is 11.7 Å². The second kappa shape index (κ2) is 7.62. The molecule has 170 valence electrons. The Hall–Kier alpha value is -2.34. The van der Waals surface area contributed by atoms with E-state index in [1.807, 2.05) is 35.0 Å². The van der Waals surface area contributed by atoms with Crippen LogP contribution >= 0.6 is 0 Å². The molecule has 0 spiro atoms. The second-order valence-electron chi connectivity index (χ2n) is 10.9. The van der Waals surface area contributed by atoms with Gasteiger partial charge >= 0.3 is 0 Å². The van der Waals surface area contributed by atoms with E-state index in [0.717, 1.165) is 61.6 Å². The average Bonchev–Trinajstić information content (AvgIpc) is 3.18. The first-order chi connectivity index (χ1) is 15.5. The Morgan fingerprint density at radius 2 is 1.59 bits per heavy atom. The van der Waals surface area contributed by atoms with Crippen molar-refractivity contribution in [2.24, 2.45) is 17.8 Å². The molecule has 2 aromatic rings. The average molecular weight is 435 g/mol. The maximum absolute atomic E-state index is 13.8. The van der Waals surface area contributed by atoms with Crippen LogP contribution in [0.15, 0.2) is 36.5 Å². The van der Waals surface area contributed by atoms with E-state index in [4.69, 9.17) is 9.84 Å². The van der Waals surface area contributed by atoms with E-state index in [1.165, 1.54) is 19.3 Å². The first kappa shape index (κ1) is 20.3. The highest BCUT2D eigenvalue weighted by Crippen LogP contribution is 2.55. The van der Waals surface area contributed by atoms with Crippen LogP contribution in [-0.4, -0.2) is 46.5 Å². The maximum atomic E-state index is 13.8. The van der Waals surface area contributed by atoms with Crippen molar-refractivity contribution in [3.8, 4) is 5.69 Å². The summed E-state index contributed by atoms with van der Waals surface area (Å²) < 4.78 is 7.91. The molecule has 6 heteroatoms. The first-order valence-corrected chi connectivity index (χ1v) is 12.3. The Balaban J connectivity index is 1.35. The number of nitrogens with zero attached hydrogens (tertiary/aromatic N) is 3. The van der Waals surface area contributed by atoms with Crippen molar-refractivity contribution in [2.75, 3.05) is 18.0 Å². The lowest BCUT2D eigenvalue weighted by Gasteiger charge is -2.56. The molecule has 7 rings (SSSR count). The van der Waals surface area contributed by atoms with Crippen LogP contribution < -0.4 is 10.2 Å². The van der Waals surface area contributed by atoms with Crippen molar-refractivity contribution in [1.82, 2.24) is 15.1 Å². The highest BCUT2D eigenvalue weighted by Gasteiger charge is 2.51. The Kier molecular flexibility index (Phi) is 4.83. The highest BCUT2D eigenvalue weighted by atomic mass is 16.5. The molecule has 2 heterocycles. The molecule has 2 atom stereocenters. The number of anilines is 1. The van der Waals surface area contributed by atoms with Crippen LogP contribution in [0.5, 0.6) is 0 Å². The SMILES string of the molecule is CC1CN(c2c(C(=O)NC34CC5CC(CC(C5)C3)C4)cnn2-c2ccccc2)CC(C)O1. The highest BCUT2D eigenvalue weighted by molar-refractivity contribution is 5.99. The van der Waals surface area contributed by atoms with E-state index in [2.05, 4.69) is 24.1 Å². The normalized spacial score (nSPS) is 35.8. The van der Waals surface area contributed by atoms with Crippen LogP contribution in [0.3, 0.4) is 0 Å². The molecule has 5 fully saturated rings. The minimum atomic E-state index is -0.0104. The lowest BCUT2D eigenvalue weighted by atomic mass is 9.53. The number of aromatic nitrogens is 2. The van der Waals surface area contributed by atoms with Gasteiger partial charge in [0.1, 0.15) is 11.4 Å². The fourth-order valence-electron chi connectivity index (χ4n) is 7.49. The van der Waals surface area contributed by atoms with Gasteiger partial charge in [0.2, 0.25) is 0 Å². The lowest BCUT2D eigenvalue weighted by molar-refractivity contribution is -0.0168. The topological polar surface area (TPSA) is 59.4 Å². The molecule has 4 bridgehead atoms. The Bertz CT molecular complexity index is 955. The largest absolute Gasteiger partial charge is 0.372 e. The predicted molar refractivity (Wildman–Crippen MR) is 124 cm³/mol. The molecule has 1 amide bonds. The molecule has 4 aliphatic carbocycles. The summed E-state index contributed by atoms with van der Waals surface area (Å²) in [6.45, 7) is 5.70. The number of ether oxygens (including phenoxy) is 1. The lowest BCUT2D eigenvalue weighted by Crippen LogP contribution is -2.60. The van der Waals surface area contributed by atoms with Crippen LogP contribution in [0, 0.1) is 17.8 Å². The molecule has 1 saturated heterocycles. The van der Waals surface area contributed by atoms with Crippen molar-refractivity contribution in [1.29, 1.82) is 0 Å². The van der Waals surface area contributed by atoms with Crippen LogP contribution in [0.4, 0.5) is 5.82 Å².